The van der Waals surface area contributed by atoms with E-state index in [-0.39, 0.29) is 19.4 Å². The standard InChI is InChI=1S/C11H16N4O4/c12-8(1-6-3-13-5-14-6)10(17)15-4-7(16)2-9(15)11(18)19/h3,5,7-9,16H,1-2,4,12H2,(H,13,14)(H,18,19)/t7?,8-,9-/m0/s1. The maximum Gasteiger partial charge on any atom is 0.326 e. The molecule has 1 saturated heterocycles. The Morgan fingerprint density at radius 1 is 1.63 bits per heavy atom. The van der Waals surface area contributed by atoms with Crippen molar-refractivity contribution in [3.63, 3.8) is 0 Å². The Kier molecular flexibility index (Phi) is 3.82. The predicted octanol–water partition coefficient (Wildman–Crippen LogP) is -1.67. The van der Waals surface area contributed by atoms with E-state index in [1.807, 2.05) is 0 Å². The predicted molar refractivity (Wildman–Crippen MR) is 64.0 cm³/mol. The van der Waals surface area contributed by atoms with Gasteiger partial charge in [0, 0.05) is 25.6 Å². The number of H-pyrrole nitrogens is 1. The normalized spacial score (nSPS) is 24.4. The molecule has 0 saturated carbocycles. The monoisotopic (exact) mass is 268 g/mol. The van der Waals surface area contributed by atoms with Crippen LogP contribution in [0.2, 0.25) is 0 Å². The first-order valence-electron chi connectivity index (χ1n) is 5.93. The molecule has 0 bridgehead atoms. The number of amides is 1. The topological polar surface area (TPSA) is 133 Å². The van der Waals surface area contributed by atoms with Crippen molar-refractivity contribution in [1.82, 2.24) is 14.9 Å². The number of aliphatic hydroxyl groups excluding tert-OH is 1. The van der Waals surface area contributed by atoms with Crippen LogP contribution in [0.15, 0.2) is 12.5 Å². The molecular weight excluding hydrogens is 252 g/mol. The van der Waals surface area contributed by atoms with E-state index < -0.39 is 30.1 Å². The molecule has 8 nitrogen and oxygen atoms in total. The number of aromatic nitrogens is 2. The molecule has 104 valence electrons. The minimum Gasteiger partial charge on any atom is -0.480 e. The lowest BCUT2D eigenvalue weighted by atomic mass is 10.1. The molecular formula is C11H16N4O4. The van der Waals surface area contributed by atoms with Crippen molar-refractivity contribution in [2.75, 3.05) is 6.54 Å². The van der Waals surface area contributed by atoms with E-state index in [4.69, 9.17) is 10.8 Å². The van der Waals surface area contributed by atoms with E-state index in [2.05, 4.69) is 9.97 Å². The lowest BCUT2D eigenvalue weighted by Gasteiger charge is -2.24. The summed E-state index contributed by atoms with van der Waals surface area (Å²) >= 11 is 0. The number of aromatic amines is 1. The Morgan fingerprint density at radius 3 is 2.95 bits per heavy atom. The second kappa shape index (κ2) is 5.37. The molecule has 3 atom stereocenters. The molecule has 0 aliphatic carbocycles. The summed E-state index contributed by atoms with van der Waals surface area (Å²) in [6, 6.07) is -1.87. The average Bonchev–Trinajstić information content (AvgIpc) is 2.97. The van der Waals surface area contributed by atoms with Crippen LogP contribution in [-0.2, 0) is 16.0 Å². The van der Waals surface area contributed by atoms with Crippen LogP contribution in [0.5, 0.6) is 0 Å². The van der Waals surface area contributed by atoms with Crippen LogP contribution in [-0.4, -0.2) is 61.7 Å². The molecule has 0 radical (unpaired) electrons. The molecule has 1 amide bonds. The SMILES string of the molecule is N[C@@H](Cc1c[nH]cn1)C(=O)N1CC(O)C[C@H]1C(=O)O. The number of nitrogens with one attached hydrogen (secondary N) is 1. The largest absolute Gasteiger partial charge is 0.480 e. The van der Waals surface area contributed by atoms with Crippen LogP contribution in [0.4, 0.5) is 0 Å². The number of rotatable bonds is 4. The maximum atomic E-state index is 12.1. The number of hydrogen-bond donors (Lipinski definition) is 4. The van der Waals surface area contributed by atoms with Gasteiger partial charge in [0.25, 0.3) is 0 Å². The maximum absolute atomic E-state index is 12.1. The van der Waals surface area contributed by atoms with Crippen LogP contribution < -0.4 is 5.73 Å². The van der Waals surface area contributed by atoms with Gasteiger partial charge in [-0.05, 0) is 0 Å². The molecule has 0 aromatic carbocycles. The number of carboxylic acid groups (broad SMARTS) is 1. The van der Waals surface area contributed by atoms with Crippen molar-refractivity contribution in [1.29, 1.82) is 0 Å². The zero-order valence-electron chi connectivity index (χ0n) is 10.2. The van der Waals surface area contributed by atoms with Crippen molar-refractivity contribution in [2.45, 2.75) is 31.0 Å². The minimum atomic E-state index is -1.13. The third kappa shape index (κ3) is 2.91. The van der Waals surface area contributed by atoms with Crippen LogP contribution in [0.1, 0.15) is 12.1 Å². The molecule has 1 unspecified atom stereocenters. The van der Waals surface area contributed by atoms with Crippen molar-refractivity contribution >= 4 is 11.9 Å². The third-order valence-corrected chi connectivity index (χ3v) is 3.15. The summed E-state index contributed by atoms with van der Waals surface area (Å²) in [5, 5.41) is 18.5. The Hall–Kier alpha value is -1.93. The van der Waals surface area contributed by atoms with Crippen LogP contribution in [0.3, 0.4) is 0 Å². The second-order valence-corrected chi connectivity index (χ2v) is 4.61. The molecule has 1 aromatic rings. The quantitative estimate of drug-likeness (QED) is 0.516. The molecule has 1 aliphatic heterocycles. The van der Waals surface area contributed by atoms with Crippen molar-refractivity contribution in [3.8, 4) is 0 Å². The van der Waals surface area contributed by atoms with E-state index in [1.165, 1.54) is 6.33 Å². The van der Waals surface area contributed by atoms with E-state index in [0.29, 0.717) is 5.69 Å². The van der Waals surface area contributed by atoms with E-state index in [0.717, 1.165) is 4.90 Å². The van der Waals surface area contributed by atoms with Gasteiger partial charge >= 0.3 is 5.97 Å². The summed E-state index contributed by atoms with van der Waals surface area (Å²) in [6.45, 7) is 0.00403. The van der Waals surface area contributed by atoms with Gasteiger partial charge in [0.2, 0.25) is 5.91 Å². The number of carbonyl (C=O) groups excluding carboxylic acids is 1. The van der Waals surface area contributed by atoms with Gasteiger partial charge in [-0.25, -0.2) is 9.78 Å². The van der Waals surface area contributed by atoms with Crippen molar-refractivity contribution in [3.05, 3.63) is 18.2 Å². The fraction of sp³-hybridized carbons (Fsp3) is 0.545. The van der Waals surface area contributed by atoms with Gasteiger partial charge in [0.05, 0.1) is 24.2 Å². The van der Waals surface area contributed by atoms with E-state index in [9.17, 15) is 14.7 Å². The molecule has 2 rings (SSSR count). The fourth-order valence-electron chi connectivity index (χ4n) is 2.22. The summed E-state index contributed by atoms with van der Waals surface area (Å²) in [5.74, 6) is -1.61. The first kappa shape index (κ1) is 13.5. The highest BCUT2D eigenvalue weighted by molar-refractivity contribution is 5.87. The number of imidazole rings is 1. The van der Waals surface area contributed by atoms with Gasteiger partial charge in [-0.1, -0.05) is 0 Å². The number of hydrogen-bond acceptors (Lipinski definition) is 5. The van der Waals surface area contributed by atoms with E-state index >= 15 is 0 Å². The van der Waals surface area contributed by atoms with Crippen molar-refractivity contribution < 1.29 is 19.8 Å². The Labute approximate surface area is 109 Å². The van der Waals surface area contributed by atoms with Crippen LogP contribution in [0, 0.1) is 0 Å². The Morgan fingerprint density at radius 2 is 2.37 bits per heavy atom. The van der Waals surface area contributed by atoms with Gasteiger partial charge < -0.3 is 25.8 Å². The third-order valence-electron chi connectivity index (χ3n) is 3.15. The zero-order valence-corrected chi connectivity index (χ0v) is 10.2. The second-order valence-electron chi connectivity index (χ2n) is 4.61. The molecule has 5 N–H and O–H groups in total. The van der Waals surface area contributed by atoms with Crippen molar-refractivity contribution in [2.24, 2.45) is 5.73 Å². The molecule has 1 aromatic heterocycles. The molecule has 0 spiro atoms. The van der Waals surface area contributed by atoms with Gasteiger partial charge in [-0.2, -0.15) is 0 Å². The zero-order chi connectivity index (χ0) is 14.0. The summed E-state index contributed by atoms with van der Waals surface area (Å²) in [6.07, 6.45) is 2.55. The highest BCUT2D eigenvalue weighted by Crippen LogP contribution is 2.19. The number of nitrogens with zero attached hydrogens (tertiary/aromatic N) is 2. The summed E-state index contributed by atoms with van der Waals surface area (Å²) in [4.78, 5) is 31.0. The van der Waals surface area contributed by atoms with E-state index in [1.54, 1.807) is 6.20 Å². The molecule has 1 fully saturated rings. The molecule has 8 heteroatoms. The number of nitrogens with two attached hydrogens (primary N) is 1. The van der Waals surface area contributed by atoms with Crippen LogP contribution in [0.25, 0.3) is 0 Å². The molecule has 2 heterocycles. The molecule has 1 aliphatic rings. The smallest absolute Gasteiger partial charge is 0.326 e. The number of likely N-dealkylation sites (tertiary alicyclic amines) is 1. The summed E-state index contributed by atoms with van der Waals surface area (Å²) in [5.41, 5.74) is 6.41. The Bertz CT molecular complexity index is 461. The minimum absolute atomic E-state index is 0.00403. The van der Waals surface area contributed by atoms with Gasteiger partial charge in [-0.15, -0.1) is 0 Å². The summed E-state index contributed by atoms with van der Waals surface area (Å²) < 4.78 is 0. The first-order valence-corrected chi connectivity index (χ1v) is 5.93. The Balaban J connectivity index is 2.03. The average molecular weight is 268 g/mol. The molecule has 19 heavy (non-hydrogen) atoms. The lowest BCUT2D eigenvalue weighted by Crippen LogP contribution is -2.49. The fourth-order valence-corrected chi connectivity index (χ4v) is 2.22. The van der Waals surface area contributed by atoms with Crippen LogP contribution >= 0.6 is 0 Å². The number of aliphatic hydroxyl groups is 1. The van der Waals surface area contributed by atoms with Gasteiger partial charge in [0.15, 0.2) is 0 Å². The lowest BCUT2D eigenvalue weighted by molar-refractivity contribution is -0.148. The number of aliphatic carboxylic acids is 1. The van der Waals surface area contributed by atoms with Gasteiger partial charge in [-0.3, -0.25) is 4.79 Å². The number of β-amino-alcohol motifs (C(OH)–C–C–N with tert-alkyl or cyclic N) is 1. The van der Waals surface area contributed by atoms with Gasteiger partial charge in [0.1, 0.15) is 6.04 Å². The number of carboxylic acids is 1. The summed E-state index contributed by atoms with van der Waals surface area (Å²) in [7, 11) is 0. The number of carbonyl (C=O) groups is 2. The highest BCUT2D eigenvalue weighted by atomic mass is 16.4. The first-order chi connectivity index (χ1) is 8.99. The highest BCUT2D eigenvalue weighted by Gasteiger charge is 2.40.